The average Bonchev–Trinajstić information content (AvgIpc) is 2.62. The molecule has 6 nitrogen and oxygen atoms in total. The van der Waals surface area contributed by atoms with Crippen LogP contribution in [0.2, 0.25) is 0 Å². The highest BCUT2D eigenvalue weighted by atomic mass is 32.2. The van der Waals surface area contributed by atoms with Crippen LogP contribution in [0, 0.1) is 5.82 Å². The van der Waals surface area contributed by atoms with Crippen molar-refractivity contribution in [3.05, 3.63) is 53.8 Å². The Labute approximate surface area is 165 Å². The van der Waals surface area contributed by atoms with E-state index >= 15 is 0 Å². The summed E-state index contributed by atoms with van der Waals surface area (Å²) < 4.78 is 68.6. The largest absolute Gasteiger partial charge is 0.497 e. The first kappa shape index (κ1) is 22.3. The molecule has 2 aromatic carbocycles. The van der Waals surface area contributed by atoms with E-state index in [0.29, 0.717) is 29.6 Å². The van der Waals surface area contributed by atoms with Crippen LogP contribution in [0.4, 0.5) is 28.9 Å². The number of hydrogen-bond acceptors (Lipinski definition) is 4. The Balaban J connectivity index is 1.90. The van der Waals surface area contributed by atoms with Crippen molar-refractivity contribution in [2.24, 2.45) is 0 Å². The van der Waals surface area contributed by atoms with Gasteiger partial charge in [-0.3, -0.25) is 13.8 Å². The van der Waals surface area contributed by atoms with Crippen molar-refractivity contribution < 1.29 is 36.1 Å². The van der Waals surface area contributed by atoms with Crippen LogP contribution in [0.15, 0.2) is 42.5 Å². The van der Waals surface area contributed by atoms with Gasteiger partial charge in [-0.05, 0) is 42.5 Å². The lowest BCUT2D eigenvalue weighted by molar-refractivity contribution is -0.137. The zero-order valence-corrected chi connectivity index (χ0v) is 15.8. The van der Waals surface area contributed by atoms with Gasteiger partial charge in [0.15, 0.2) is 0 Å². The second-order valence-electron chi connectivity index (χ2n) is 5.75. The first-order valence-corrected chi connectivity index (χ1v) is 9.53. The van der Waals surface area contributed by atoms with Gasteiger partial charge in [-0.25, -0.2) is 4.39 Å². The molecular weight excluding hydrogens is 416 g/mol. The average molecular weight is 432 g/mol. The molecule has 0 heterocycles. The Morgan fingerprint density at radius 1 is 1.00 bits per heavy atom. The van der Waals surface area contributed by atoms with Crippen LogP contribution in [0.25, 0.3) is 0 Å². The monoisotopic (exact) mass is 432 g/mol. The van der Waals surface area contributed by atoms with E-state index in [-0.39, 0.29) is 0 Å². The number of rotatable bonds is 7. The molecule has 0 saturated carbocycles. The van der Waals surface area contributed by atoms with Crippen LogP contribution < -0.4 is 15.4 Å². The summed E-state index contributed by atoms with van der Waals surface area (Å²) >= 11 is 0. The Kier molecular flexibility index (Phi) is 7.32. The number of alkyl halides is 3. The van der Waals surface area contributed by atoms with Gasteiger partial charge in [0, 0.05) is 16.5 Å². The summed E-state index contributed by atoms with van der Waals surface area (Å²) in [6.07, 6.45) is -4.71. The van der Waals surface area contributed by atoms with Gasteiger partial charge in [0.2, 0.25) is 11.8 Å². The number of amides is 2. The molecule has 0 saturated heterocycles. The highest BCUT2D eigenvalue weighted by Gasteiger charge is 2.31. The summed E-state index contributed by atoms with van der Waals surface area (Å²) in [6.45, 7) is 0. The van der Waals surface area contributed by atoms with Crippen molar-refractivity contribution in [1.29, 1.82) is 0 Å². The maximum atomic E-state index is 13.6. The van der Waals surface area contributed by atoms with E-state index in [1.165, 1.54) is 7.11 Å². The first-order chi connectivity index (χ1) is 13.6. The zero-order chi connectivity index (χ0) is 21.6. The fourth-order valence-corrected chi connectivity index (χ4v) is 3.03. The van der Waals surface area contributed by atoms with Crippen LogP contribution >= 0.6 is 0 Å². The topological polar surface area (TPSA) is 84.5 Å². The van der Waals surface area contributed by atoms with Crippen molar-refractivity contribution in [3.8, 4) is 5.75 Å². The van der Waals surface area contributed by atoms with E-state index in [1.807, 2.05) is 5.32 Å². The van der Waals surface area contributed by atoms with Crippen LogP contribution in [-0.4, -0.2) is 34.6 Å². The Morgan fingerprint density at radius 2 is 1.59 bits per heavy atom. The number of carbonyl (C=O) groups excluding carboxylic acids is 2. The summed E-state index contributed by atoms with van der Waals surface area (Å²) in [4.78, 5) is 23.7. The smallest absolute Gasteiger partial charge is 0.416 e. The minimum absolute atomic E-state index is 0.420. The predicted molar refractivity (Wildman–Crippen MR) is 99.5 cm³/mol. The standard InChI is InChI=1S/C18H16F4N2O4S/c1-28-13-5-3-12(4-6-13)23-16(25)9-29(27)10-17(26)24-15-8-11(18(20,21)22)2-7-14(15)19/h2-8H,9-10H2,1H3,(H,23,25)(H,24,26)/t29-/m1/s1. The molecule has 0 aliphatic carbocycles. The fraction of sp³-hybridized carbons (Fsp3) is 0.222. The molecular formula is C18H16F4N2O4S. The van der Waals surface area contributed by atoms with Crippen molar-refractivity contribution in [3.63, 3.8) is 0 Å². The van der Waals surface area contributed by atoms with E-state index in [4.69, 9.17) is 4.74 Å². The number of methoxy groups -OCH3 is 1. The van der Waals surface area contributed by atoms with Crippen molar-refractivity contribution in [2.75, 3.05) is 29.2 Å². The van der Waals surface area contributed by atoms with Crippen LogP contribution in [0.5, 0.6) is 5.75 Å². The third-order valence-corrected chi connectivity index (χ3v) is 4.69. The summed E-state index contributed by atoms with van der Waals surface area (Å²) in [7, 11) is -0.477. The third-order valence-electron chi connectivity index (χ3n) is 3.53. The number of hydrogen-bond donors (Lipinski definition) is 2. The van der Waals surface area contributed by atoms with Gasteiger partial charge in [0.05, 0.1) is 18.4 Å². The molecule has 0 unspecified atom stereocenters. The van der Waals surface area contributed by atoms with Crippen LogP contribution in [-0.2, 0) is 26.6 Å². The van der Waals surface area contributed by atoms with Crippen LogP contribution in [0.1, 0.15) is 5.56 Å². The fourth-order valence-electron chi connectivity index (χ4n) is 2.20. The minimum Gasteiger partial charge on any atom is -0.497 e. The molecule has 156 valence electrons. The van der Waals surface area contributed by atoms with E-state index in [1.54, 1.807) is 24.3 Å². The number of halogens is 4. The van der Waals surface area contributed by atoms with E-state index in [2.05, 4.69) is 5.32 Å². The molecule has 2 aromatic rings. The number of benzene rings is 2. The molecule has 0 spiro atoms. The Hall–Kier alpha value is -2.95. The maximum Gasteiger partial charge on any atom is 0.416 e. The second kappa shape index (κ2) is 9.50. The lowest BCUT2D eigenvalue weighted by atomic mass is 10.2. The van der Waals surface area contributed by atoms with Gasteiger partial charge in [-0.2, -0.15) is 13.2 Å². The molecule has 11 heteroatoms. The molecule has 0 aromatic heterocycles. The third kappa shape index (κ3) is 6.86. The normalized spacial score (nSPS) is 12.2. The van der Waals surface area contributed by atoms with E-state index in [0.717, 1.165) is 0 Å². The highest BCUT2D eigenvalue weighted by Crippen LogP contribution is 2.31. The zero-order valence-electron chi connectivity index (χ0n) is 15.0. The molecule has 2 amide bonds. The molecule has 2 N–H and O–H groups in total. The number of nitrogens with one attached hydrogen (secondary N) is 2. The number of carbonyl (C=O) groups is 2. The molecule has 0 aliphatic heterocycles. The Morgan fingerprint density at radius 3 is 2.14 bits per heavy atom. The van der Waals surface area contributed by atoms with Gasteiger partial charge < -0.3 is 15.4 Å². The lowest BCUT2D eigenvalue weighted by Crippen LogP contribution is -2.26. The second-order valence-corrected chi connectivity index (χ2v) is 7.20. The molecule has 0 bridgehead atoms. The van der Waals surface area contributed by atoms with Crippen LogP contribution in [0.3, 0.4) is 0 Å². The minimum atomic E-state index is -4.71. The molecule has 0 aliphatic rings. The first-order valence-electron chi connectivity index (χ1n) is 8.04. The molecule has 2 rings (SSSR count). The highest BCUT2D eigenvalue weighted by molar-refractivity contribution is 7.86. The van der Waals surface area contributed by atoms with E-state index in [9.17, 15) is 31.4 Å². The summed E-state index contributed by atoms with van der Waals surface area (Å²) in [5.41, 5.74) is -1.41. The summed E-state index contributed by atoms with van der Waals surface area (Å²) in [5.74, 6) is -3.33. The van der Waals surface area contributed by atoms with Gasteiger partial charge >= 0.3 is 6.18 Å². The molecule has 0 radical (unpaired) electrons. The van der Waals surface area contributed by atoms with Gasteiger partial charge in [0.25, 0.3) is 0 Å². The van der Waals surface area contributed by atoms with Gasteiger partial charge in [-0.1, -0.05) is 0 Å². The van der Waals surface area contributed by atoms with E-state index < -0.39 is 57.4 Å². The van der Waals surface area contributed by atoms with Gasteiger partial charge in [0.1, 0.15) is 23.1 Å². The molecule has 1 atom stereocenters. The summed E-state index contributed by atoms with van der Waals surface area (Å²) in [6, 6.07) is 7.86. The van der Waals surface area contributed by atoms with Crippen molar-refractivity contribution in [1.82, 2.24) is 0 Å². The maximum absolute atomic E-state index is 13.6. The lowest BCUT2D eigenvalue weighted by Gasteiger charge is -2.11. The number of anilines is 2. The van der Waals surface area contributed by atoms with Crippen molar-refractivity contribution >= 4 is 34.0 Å². The van der Waals surface area contributed by atoms with Crippen molar-refractivity contribution in [2.45, 2.75) is 6.18 Å². The summed E-state index contributed by atoms with van der Waals surface area (Å²) in [5, 5.41) is 4.41. The number of ether oxygens (including phenoxy) is 1. The molecule has 29 heavy (non-hydrogen) atoms. The van der Waals surface area contributed by atoms with Gasteiger partial charge in [-0.15, -0.1) is 0 Å². The predicted octanol–water partition coefficient (Wildman–Crippen LogP) is 3.18. The SMILES string of the molecule is COc1ccc(NC(=O)C[S@@](=O)CC(=O)Nc2cc(C(F)(F)F)ccc2F)cc1. The quantitative estimate of drug-likeness (QED) is 0.659. The molecule has 0 fully saturated rings. The Bertz CT molecular complexity index is 917.